The molecule has 0 radical (unpaired) electrons. The minimum Gasteiger partial charge on any atom is -0.379 e. The molecule has 0 unspecified atom stereocenters. The van der Waals surface area contributed by atoms with Gasteiger partial charge in [0.1, 0.15) is 11.2 Å². The van der Waals surface area contributed by atoms with Gasteiger partial charge in [-0.25, -0.2) is 4.98 Å². The van der Waals surface area contributed by atoms with Crippen LogP contribution >= 0.6 is 22.9 Å². The minimum atomic E-state index is -0.0964. The Kier molecular flexibility index (Phi) is 5.63. The zero-order valence-electron chi connectivity index (χ0n) is 15.9. The minimum absolute atomic E-state index is 0.0964. The van der Waals surface area contributed by atoms with Crippen molar-refractivity contribution in [3.8, 4) is 0 Å². The lowest BCUT2D eigenvalue weighted by Gasteiger charge is -2.29. The molecule has 0 N–H and O–H groups in total. The van der Waals surface area contributed by atoms with Crippen LogP contribution in [0.15, 0.2) is 24.4 Å². The molecule has 0 aliphatic carbocycles. The number of ether oxygens (including phenoxy) is 1. The van der Waals surface area contributed by atoms with E-state index in [0.29, 0.717) is 22.4 Å². The van der Waals surface area contributed by atoms with Crippen LogP contribution in [-0.2, 0) is 11.8 Å². The molecule has 1 fully saturated rings. The number of carbonyl (C=O) groups excluding carboxylic acids is 1. The number of benzene rings is 1. The zero-order valence-corrected chi connectivity index (χ0v) is 17.5. The summed E-state index contributed by atoms with van der Waals surface area (Å²) >= 11 is 7.79. The Balaban J connectivity index is 1.67. The van der Waals surface area contributed by atoms with E-state index in [0.717, 1.165) is 48.6 Å². The molecule has 2 aromatic heterocycles. The van der Waals surface area contributed by atoms with E-state index >= 15 is 0 Å². The van der Waals surface area contributed by atoms with Crippen molar-refractivity contribution in [2.24, 2.45) is 7.05 Å². The highest BCUT2D eigenvalue weighted by atomic mass is 35.5. The molecule has 1 saturated heterocycles. The van der Waals surface area contributed by atoms with Crippen molar-refractivity contribution >= 4 is 44.2 Å². The lowest BCUT2D eigenvalue weighted by Crippen LogP contribution is -2.43. The third-order valence-electron chi connectivity index (χ3n) is 4.90. The molecule has 0 atom stereocenters. The number of nitrogens with zero attached hydrogens (tertiary/aromatic N) is 5. The van der Waals surface area contributed by atoms with E-state index in [9.17, 15) is 4.79 Å². The van der Waals surface area contributed by atoms with Gasteiger partial charge in [-0.15, -0.1) is 0 Å². The molecular weight excluding hydrogens is 398 g/mol. The Labute approximate surface area is 172 Å². The summed E-state index contributed by atoms with van der Waals surface area (Å²) in [6.45, 7) is 6.40. The van der Waals surface area contributed by atoms with Gasteiger partial charge < -0.3 is 4.74 Å². The van der Waals surface area contributed by atoms with Crippen molar-refractivity contribution in [2.45, 2.75) is 6.92 Å². The van der Waals surface area contributed by atoms with Crippen LogP contribution in [-0.4, -0.2) is 65.0 Å². The van der Waals surface area contributed by atoms with E-state index in [1.807, 2.05) is 25.1 Å². The van der Waals surface area contributed by atoms with Crippen molar-refractivity contribution in [3.05, 3.63) is 40.7 Å². The summed E-state index contributed by atoms with van der Waals surface area (Å²) in [5.41, 5.74) is 2.16. The lowest BCUT2D eigenvalue weighted by molar-refractivity contribution is 0.0391. The fraction of sp³-hybridized carbons (Fsp3) is 0.421. The Hall–Kier alpha value is -2.00. The summed E-state index contributed by atoms with van der Waals surface area (Å²) in [7, 11) is 1.79. The smallest absolute Gasteiger partial charge is 0.278 e. The number of rotatable bonds is 5. The number of hydrogen-bond acceptors (Lipinski definition) is 6. The highest BCUT2D eigenvalue weighted by Gasteiger charge is 2.26. The summed E-state index contributed by atoms with van der Waals surface area (Å²) in [6, 6.07) is 5.69. The third kappa shape index (κ3) is 3.77. The standard InChI is InChI=1S/C19H22ClN5O2S/c1-13-12-21-23(2)17(13)18(26)25(7-6-24-8-10-27-11-9-24)19-22-16-14(20)4-3-5-15(16)28-19/h3-5,12H,6-11H2,1-2H3. The number of halogens is 1. The quantitative estimate of drug-likeness (QED) is 0.636. The first-order valence-electron chi connectivity index (χ1n) is 9.20. The van der Waals surface area contributed by atoms with E-state index < -0.39 is 0 Å². The molecule has 1 aliphatic rings. The second kappa shape index (κ2) is 8.16. The fourth-order valence-electron chi connectivity index (χ4n) is 3.35. The predicted molar refractivity (Wildman–Crippen MR) is 112 cm³/mol. The summed E-state index contributed by atoms with van der Waals surface area (Å²) < 4.78 is 8.01. The highest BCUT2D eigenvalue weighted by molar-refractivity contribution is 7.22. The molecule has 148 valence electrons. The average Bonchev–Trinajstić information content (AvgIpc) is 3.27. The first-order chi connectivity index (χ1) is 13.5. The summed E-state index contributed by atoms with van der Waals surface area (Å²) in [5, 5.41) is 5.47. The zero-order chi connectivity index (χ0) is 19.7. The van der Waals surface area contributed by atoms with Crippen LogP contribution in [0.1, 0.15) is 16.1 Å². The van der Waals surface area contributed by atoms with E-state index in [1.165, 1.54) is 11.3 Å². The van der Waals surface area contributed by atoms with Crippen molar-refractivity contribution in [3.63, 3.8) is 0 Å². The molecule has 28 heavy (non-hydrogen) atoms. The maximum atomic E-state index is 13.4. The van der Waals surface area contributed by atoms with Gasteiger partial charge in [0.25, 0.3) is 5.91 Å². The Bertz CT molecular complexity index is 976. The number of carbonyl (C=O) groups is 1. The van der Waals surface area contributed by atoms with Gasteiger partial charge in [0, 0.05) is 33.2 Å². The fourth-order valence-corrected chi connectivity index (χ4v) is 4.64. The molecular formula is C19H22ClN5O2S. The third-order valence-corrected chi connectivity index (χ3v) is 6.25. The predicted octanol–water partition coefficient (Wildman–Crippen LogP) is 2.97. The molecule has 0 bridgehead atoms. The number of morpholine rings is 1. The summed E-state index contributed by atoms with van der Waals surface area (Å²) in [4.78, 5) is 22.2. The Morgan fingerprint density at radius 2 is 2.14 bits per heavy atom. The molecule has 4 rings (SSSR count). The number of amides is 1. The number of fused-ring (bicyclic) bond motifs is 1. The van der Waals surface area contributed by atoms with E-state index in [4.69, 9.17) is 16.3 Å². The van der Waals surface area contributed by atoms with E-state index in [-0.39, 0.29) is 5.91 Å². The van der Waals surface area contributed by atoms with Crippen LogP contribution in [0.2, 0.25) is 5.02 Å². The lowest BCUT2D eigenvalue weighted by atomic mass is 10.2. The van der Waals surface area contributed by atoms with Crippen molar-refractivity contribution in [2.75, 3.05) is 44.3 Å². The SMILES string of the molecule is Cc1cnn(C)c1C(=O)N(CCN1CCOCC1)c1nc2c(Cl)cccc2s1. The van der Waals surface area contributed by atoms with Gasteiger partial charge in [-0.3, -0.25) is 19.3 Å². The number of anilines is 1. The molecule has 1 aliphatic heterocycles. The number of aryl methyl sites for hydroxylation is 2. The van der Waals surface area contributed by atoms with Crippen LogP contribution in [0.4, 0.5) is 5.13 Å². The maximum absolute atomic E-state index is 13.4. The molecule has 1 aromatic carbocycles. The molecule has 0 spiro atoms. The van der Waals surface area contributed by atoms with Crippen LogP contribution < -0.4 is 4.90 Å². The number of para-hydroxylation sites is 1. The van der Waals surface area contributed by atoms with Crippen LogP contribution in [0.3, 0.4) is 0 Å². The van der Waals surface area contributed by atoms with Gasteiger partial charge in [-0.2, -0.15) is 5.10 Å². The molecule has 3 aromatic rings. The van der Waals surface area contributed by atoms with Crippen molar-refractivity contribution in [1.29, 1.82) is 0 Å². The van der Waals surface area contributed by atoms with E-state index in [2.05, 4.69) is 15.0 Å². The molecule has 1 amide bonds. The Morgan fingerprint density at radius 3 is 2.82 bits per heavy atom. The normalized spacial score (nSPS) is 15.2. The highest BCUT2D eigenvalue weighted by Crippen LogP contribution is 2.33. The Morgan fingerprint density at radius 1 is 1.36 bits per heavy atom. The van der Waals surface area contributed by atoms with Gasteiger partial charge in [-0.1, -0.05) is 29.0 Å². The molecule has 3 heterocycles. The first-order valence-corrected chi connectivity index (χ1v) is 10.4. The van der Waals surface area contributed by atoms with Crippen LogP contribution in [0.5, 0.6) is 0 Å². The second-order valence-electron chi connectivity index (χ2n) is 6.79. The monoisotopic (exact) mass is 419 g/mol. The molecule has 9 heteroatoms. The largest absolute Gasteiger partial charge is 0.379 e. The van der Waals surface area contributed by atoms with Gasteiger partial charge in [0.05, 0.1) is 29.1 Å². The number of thiazole rings is 1. The van der Waals surface area contributed by atoms with Crippen molar-refractivity contribution < 1.29 is 9.53 Å². The van der Waals surface area contributed by atoms with Gasteiger partial charge in [0.2, 0.25) is 0 Å². The second-order valence-corrected chi connectivity index (χ2v) is 8.21. The molecule has 7 nitrogen and oxygen atoms in total. The van der Waals surface area contributed by atoms with Gasteiger partial charge >= 0.3 is 0 Å². The number of aromatic nitrogens is 3. The van der Waals surface area contributed by atoms with Gasteiger partial charge in [0.15, 0.2) is 5.13 Å². The maximum Gasteiger partial charge on any atom is 0.278 e. The van der Waals surface area contributed by atoms with Gasteiger partial charge in [-0.05, 0) is 24.6 Å². The van der Waals surface area contributed by atoms with Crippen molar-refractivity contribution in [1.82, 2.24) is 19.7 Å². The topological polar surface area (TPSA) is 63.5 Å². The summed E-state index contributed by atoms with van der Waals surface area (Å²) in [5.74, 6) is -0.0964. The molecule has 0 saturated carbocycles. The average molecular weight is 420 g/mol. The number of hydrogen-bond donors (Lipinski definition) is 0. The summed E-state index contributed by atoms with van der Waals surface area (Å²) in [6.07, 6.45) is 1.71. The van der Waals surface area contributed by atoms with E-state index in [1.54, 1.807) is 22.8 Å². The van der Waals surface area contributed by atoms with Crippen LogP contribution in [0.25, 0.3) is 10.2 Å². The van der Waals surface area contributed by atoms with Crippen LogP contribution in [0, 0.1) is 6.92 Å². The first kappa shape index (κ1) is 19.3.